The zero-order chi connectivity index (χ0) is 47.3. The van der Waals surface area contributed by atoms with Crippen LogP contribution in [0.25, 0.3) is 22.7 Å². The number of rotatable bonds is 14. The second kappa shape index (κ2) is 19.7. The number of nitrogens with zero attached hydrogens (tertiary/aromatic N) is 3. The second-order valence-corrected chi connectivity index (χ2v) is 19.3. The summed E-state index contributed by atoms with van der Waals surface area (Å²) in [4.78, 5) is 49.3. The maximum absolute atomic E-state index is 14.6. The average molecular weight is 908 g/mol. The lowest BCUT2D eigenvalue weighted by Crippen LogP contribution is -2.46. The number of oxazole rings is 1. The van der Waals surface area contributed by atoms with Gasteiger partial charge in [-0.15, -0.1) is 0 Å². The average Bonchev–Trinajstić information content (AvgIpc) is 3.97. The third kappa shape index (κ3) is 11.1. The Morgan fingerprint density at radius 2 is 1.64 bits per heavy atom. The first-order valence-corrected chi connectivity index (χ1v) is 22.5. The van der Waals surface area contributed by atoms with Gasteiger partial charge < -0.3 is 24.3 Å². The van der Waals surface area contributed by atoms with Crippen molar-refractivity contribution >= 4 is 63.5 Å². The Labute approximate surface area is 391 Å². The quantitative estimate of drug-likeness (QED) is 0.0617. The molecule has 5 aromatic carbocycles. The number of carbonyl (C=O) groups is 3. The van der Waals surface area contributed by atoms with E-state index in [1.807, 2.05) is 37.3 Å². The van der Waals surface area contributed by atoms with Crippen LogP contribution in [0.4, 0.5) is 16.2 Å². The molecule has 340 valence electrons. The summed E-state index contributed by atoms with van der Waals surface area (Å²) in [6.45, 7) is 13.0. The number of fused-ring (bicyclic) bond motifs is 1. The summed E-state index contributed by atoms with van der Waals surface area (Å²) >= 11 is 6.59. The second-order valence-electron chi connectivity index (χ2n) is 18.8. The number of phenols is 1. The van der Waals surface area contributed by atoms with Gasteiger partial charge in [0.05, 0.1) is 17.8 Å². The van der Waals surface area contributed by atoms with E-state index < -0.39 is 23.9 Å². The Balaban J connectivity index is 1.17. The Bertz CT molecular complexity index is 2830. The number of amides is 2. The van der Waals surface area contributed by atoms with E-state index in [9.17, 15) is 24.8 Å². The first kappa shape index (κ1) is 47.1. The van der Waals surface area contributed by atoms with Crippen LogP contribution < -0.4 is 15.0 Å². The Kier molecular flexibility index (Phi) is 14.0. The first-order valence-electron chi connectivity index (χ1n) is 22.1. The number of ketones is 1. The summed E-state index contributed by atoms with van der Waals surface area (Å²) in [5.41, 5.74) is 6.70. The molecular formula is C54H55ClN4O7. The summed E-state index contributed by atoms with van der Waals surface area (Å²) in [5.74, 6) is -0.773. The molecule has 7 rings (SSSR count). The predicted molar refractivity (Wildman–Crippen MR) is 259 cm³/mol. The molecule has 1 saturated carbocycles. The highest BCUT2D eigenvalue weighted by atomic mass is 35.5. The summed E-state index contributed by atoms with van der Waals surface area (Å²) in [5, 5.41) is 23.0. The largest absolute Gasteiger partial charge is 0.508 e. The Hall–Kier alpha value is -6.90. The molecule has 11 nitrogen and oxygen atoms in total. The minimum atomic E-state index is -1.90. The molecule has 2 N–H and O–H groups in total. The van der Waals surface area contributed by atoms with Gasteiger partial charge in [0.25, 0.3) is 5.91 Å². The standard InChI is InChI=1S/C54H55ClN4O7/c1-33-26-41(19-15-37(33)29-38(31-56)51-58-46-30-39(18-25-47(46)65-51)54(5,6)32-53(2,3)4)59(40-10-8-9-11-40)52(63)66-49(48(61)36-16-22-43(64-7)23-17-36)50(62)57-45-28-35(14-24-44(45)55)27-34-12-20-42(60)21-13-34/h12-26,28-30,40,49,60H,8-11,27,32H2,1-7H3,(H,57,62)/b38-29+. The van der Waals surface area contributed by atoms with Crippen molar-refractivity contribution in [3.8, 4) is 17.6 Å². The van der Waals surface area contributed by atoms with Crippen molar-refractivity contribution in [1.29, 1.82) is 5.26 Å². The molecule has 1 atom stereocenters. The molecule has 1 fully saturated rings. The van der Waals surface area contributed by atoms with Crippen LogP contribution in [0.2, 0.25) is 5.02 Å². The van der Waals surface area contributed by atoms with Crippen molar-refractivity contribution in [2.75, 3.05) is 17.3 Å². The number of ether oxygens (including phenoxy) is 2. The molecule has 12 heteroatoms. The number of anilines is 2. The van der Waals surface area contributed by atoms with E-state index in [2.05, 4.69) is 52.1 Å². The van der Waals surface area contributed by atoms with Crippen LogP contribution in [0.15, 0.2) is 108 Å². The lowest BCUT2D eigenvalue weighted by atomic mass is 9.72. The van der Waals surface area contributed by atoms with Gasteiger partial charge >= 0.3 is 6.09 Å². The molecule has 1 aromatic heterocycles. The number of halogens is 1. The number of nitrogens with one attached hydrogen (secondary N) is 1. The van der Waals surface area contributed by atoms with E-state index >= 15 is 0 Å². The lowest BCUT2D eigenvalue weighted by molar-refractivity contribution is -0.122. The van der Waals surface area contributed by atoms with Crippen LogP contribution in [0, 0.1) is 23.7 Å². The van der Waals surface area contributed by atoms with Gasteiger partial charge in [0.15, 0.2) is 5.58 Å². The fourth-order valence-corrected chi connectivity index (χ4v) is 9.07. The molecule has 2 amide bonds. The first-order chi connectivity index (χ1) is 31.4. The van der Waals surface area contributed by atoms with E-state index in [0.29, 0.717) is 47.4 Å². The van der Waals surface area contributed by atoms with Crippen LogP contribution >= 0.6 is 11.6 Å². The molecule has 6 aromatic rings. The van der Waals surface area contributed by atoms with Crippen molar-refractivity contribution in [1.82, 2.24) is 4.98 Å². The molecule has 66 heavy (non-hydrogen) atoms. The van der Waals surface area contributed by atoms with Gasteiger partial charge in [-0.05, 0) is 150 Å². The predicted octanol–water partition coefficient (Wildman–Crippen LogP) is 12.6. The van der Waals surface area contributed by atoms with E-state index in [1.54, 1.807) is 60.7 Å². The molecule has 1 aliphatic rings. The molecule has 1 heterocycles. The smallest absolute Gasteiger partial charge is 0.415 e. The van der Waals surface area contributed by atoms with Gasteiger partial charge in [0, 0.05) is 17.3 Å². The van der Waals surface area contributed by atoms with E-state index in [4.69, 9.17) is 30.5 Å². The normalized spacial score (nSPS) is 13.8. The third-order valence-electron chi connectivity index (χ3n) is 11.9. The molecule has 0 saturated heterocycles. The monoisotopic (exact) mass is 906 g/mol. The van der Waals surface area contributed by atoms with Gasteiger partial charge in [-0.25, -0.2) is 9.78 Å². The van der Waals surface area contributed by atoms with Crippen LogP contribution in [0.5, 0.6) is 11.5 Å². The summed E-state index contributed by atoms with van der Waals surface area (Å²) in [6.07, 6.45) is 3.53. The molecule has 1 unspecified atom stereocenters. The zero-order valence-corrected chi connectivity index (χ0v) is 39.2. The topological polar surface area (TPSA) is 155 Å². The van der Waals surface area contributed by atoms with E-state index in [1.165, 1.54) is 24.1 Å². The molecule has 1 aliphatic carbocycles. The number of methoxy groups -OCH3 is 1. The third-order valence-corrected chi connectivity index (χ3v) is 12.2. The van der Waals surface area contributed by atoms with Gasteiger partial charge in [-0.1, -0.05) is 89.4 Å². The van der Waals surface area contributed by atoms with E-state index in [-0.39, 0.29) is 50.4 Å². The number of aromatic nitrogens is 1. The molecule has 0 radical (unpaired) electrons. The number of nitriles is 1. The van der Waals surface area contributed by atoms with Crippen LogP contribution in [-0.4, -0.2) is 47.1 Å². The summed E-state index contributed by atoms with van der Waals surface area (Å²) in [6, 6.07) is 31.5. The molecule has 0 spiro atoms. The van der Waals surface area contributed by atoms with Crippen molar-refractivity contribution in [3.05, 3.63) is 147 Å². The summed E-state index contributed by atoms with van der Waals surface area (Å²) < 4.78 is 17.4. The zero-order valence-electron chi connectivity index (χ0n) is 38.4. The minimum absolute atomic E-state index is 0.103. The van der Waals surface area contributed by atoms with Gasteiger partial charge in [0.1, 0.15) is 28.7 Å². The minimum Gasteiger partial charge on any atom is -0.508 e. The maximum Gasteiger partial charge on any atom is 0.415 e. The highest BCUT2D eigenvalue weighted by Gasteiger charge is 2.37. The summed E-state index contributed by atoms with van der Waals surface area (Å²) in [7, 11) is 1.50. The number of hydrogen-bond acceptors (Lipinski definition) is 9. The molecule has 0 aliphatic heterocycles. The Morgan fingerprint density at radius 1 is 0.939 bits per heavy atom. The van der Waals surface area contributed by atoms with Gasteiger partial charge in [0.2, 0.25) is 17.8 Å². The SMILES string of the molecule is COc1ccc(C(=O)C(OC(=O)N(c2ccc(/C=C(\C#N)c3nc4cc(C(C)(C)CC(C)(C)C)ccc4o3)c(C)c2)C2CCCC2)C(=O)Nc2cc(Cc3ccc(O)cc3)ccc2Cl)cc1. The fraction of sp³-hybridized carbons (Fsp3) is 0.315. The highest BCUT2D eigenvalue weighted by Crippen LogP contribution is 2.38. The number of benzene rings is 5. The van der Waals surface area contributed by atoms with Crippen molar-refractivity contribution in [2.24, 2.45) is 5.41 Å². The van der Waals surface area contributed by atoms with Crippen molar-refractivity contribution in [3.63, 3.8) is 0 Å². The van der Waals surface area contributed by atoms with Crippen molar-refractivity contribution in [2.45, 2.75) is 97.6 Å². The number of hydrogen-bond donors (Lipinski definition) is 2. The van der Waals surface area contributed by atoms with Crippen LogP contribution in [0.3, 0.4) is 0 Å². The molecular weight excluding hydrogens is 852 g/mol. The highest BCUT2D eigenvalue weighted by molar-refractivity contribution is 6.34. The van der Waals surface area contributed by atoms with Gasteiger partial charge in [-0.3, -0.25) is 14.5 Å². The number of aromatic hydroxyl groups is 1. The number of allylic oxidation sites excluding steroid dienone is 1. The van der Waals surface area contributed by atoms with Crippen LogP contribution in [0.1, 0.15) is 111 Å². The van der Waals surface area contributed by atoms with Crippen LogP contribution in [-0.2, 0) is 21.4 Å². The number of phenolic OH excluding ortho intramolecular Hbond substituents is 1. The maximum atomic E-state index is 14.6. The van der Waals surface area contributed by atoms with E-state index in [0.717, 1.165) is 41.5 Å². The number of aryl methyl sites for hydroxylation is 1. The molecule has 0 bridgehead atoms. The fourth-order valence-electron chi connectivity index (χ4n) is 8.90. The lowest BCUT2D eigenvalue weighted by Gasteiger charge is -2.32. The Morgan fingerprint density at radius 3 is 2.29 bits per heavy atom. The number of carbonyl (C=O) groups excluding carboxylic acids is 3. The van der Waals surface area contributed by atoms with Gasteiger partial charge in [-0.2, -0.15) is 5.26 Å². The number of Topliss-reactive ketones (excluding diaryl/α,β-unsaturated/α-hetero) is 1. The van der Waals surface area contributed by atoms with Crippen molar-refractivity contribution < 1.29 is 33.4 Å².